The summed E-state index contributed by atoms with van der Waals surface area (Å²) in [6.07, 6.45) is 2.13. The van der Waals surface area contributed by atoms with Crippen molar-refractivity contribution < 1.29 is 19.2 Å². The Kier molecular flexibility index (Phi) is 2.80. The lowest BCUT2D eigenvalue weighted by Gasteiger charge is -2.14. The van der Waals surface area contributed by atoms with E-state index in [9.17, 15) is 19.7 Å². The summed E-state index contributed by atoms with van der Waals surface area (Å²) in [4.78, 5) is 34.0. The SMILES string of the molecule is COc1ccc(N2C(=O)C=CC2=O)c([N+](=O)[O-])c1. The second kappa shape index (κ2) is 4.28. The molecular weight excluding hydrogens is 240 g/mol. The van der Waals surface area contributed by atoms with Crippen molar-refractivity contribution >= 4 is 23.2 Å². The van der Waals surface area contributed by atoms with Gasteiger partial charge in [-0.05, 0) is 12.1 Å². The van der Waals surface area contributed by atoms with Crippen molar-refractivity contribution in [3.05, 3.63) is 40.5 Å². The molecule has 1 aromatic rings. The number of nitro benzene ring substituents is 1. The van der Waals surface area contributed by atoms with E-state index in [2.05, 4.69) is 0 Å². The molecule has 0 unspecified atom stereocenters. The zero-order chi connectivity index (χ0) is 13.3. The molecule has 1 aromatic carbocycles. The van der Waals surface area contributed by atoms with E-state index in [1.165, 1.54) is 19.2 Å². The largest absolute Gasteiger partial charge is 0.496 e. The van der Waals surface area contributed by atoms with Crippen molar-refractivity contribution in [3.63, 3.8) is 0 Å². The van der Waals surface area contributed by atoms with Crippen LogP contribution in [0.5, 0.6) is 5.75 Å². The summed E-state index contributed by atoms with van der Waals surface area (Å²) in [6, 6.07) is 3.91. The lowest BCUT2D eigenvalue weighted by Crippen LogP contribution is -2.30. The molecule has 0 N–H and O–H groups in total. The number of imide groups is 1. The van der Waals surface area contributed by atoms with Crippen molar-refractivity contribution in [2.24, 2.45) is 0 Å². The third kappa shape index (κ3) is 1.81. The van der Waals surface area contributed by atoms with E-state index in [0.29, 0.717) is 0 Å². The first kappa shape index (κ1) is 11.8. The monoisotopic (exact) mass is 248 g/mol. The Morgan fingerprint density at radius 1 is 1.22 bits per heavy atom. The quantitative estimate of drug-likeness (QED) is 0.452. The van der Waals surface area contributed by atoms with Gasteiger partial charge in [0.25, 0.3) is 17.5 Å². The predicted molar refractivity (Wildman–Crippen MR) is 61.3 cm³/mol. The van der Waals surface area contributed by atoms with Crippen molar-refractivity contribution in [1.82, 2.24) is 0 Å². The number of methoxy groups -OCH3 is 1. The first-order chi connectivity index (χ1) is 8.54. The Morgan fingerprint density at radius 3 is 2.33 bits per heavy atom. The number of rotatable bonds is 3. The highest BCUT2D eigenvalue weighted by Gasteiger charge is 2.31. The summed E-state index contributed by atoms with van der Waals surface area (Å²) < 4.78 is 4.87. The summed E-state index contributed by atoms with van der Waals surface area (Å²) in [7, 11) is 1.37. The first-order valence-electron chi connectivity index (χ1n) is 4.93. The van der Waals surface area contributed by atoms with Crippen LogP contribution in [0.25, 0.3) is 0 Å². The molecule has 0 spiro atoms. The zero-order valence-corrected chi connectivity index (χ0v) is 9.32. The Morgan fingerprint density at radius 2 is 1.83 bits per heavy atom. The number of carbonyl (C=O) groups excluding carboxylic acids is 2. The molecule has 18 heavy (non-hydrogen) atoms. The third-order valence-corrected chi connectivity index (χ3v) is 2.43. The predicted octanol–water partition coefficient (Wildman–Crippen LogP) is 1.03. The van der Waals surface area contributed by atoms with Gasteiger partial charge in [0.15, 0.2) is 0 Å². The first-order valence-corrected chi connectivity index (χ1v) is 4.93. The molecule has 0 saturated carbocycles. The van der Waals surface area contributed by atoms with Crippen LogP contribution in [0.15, 0.2) is 30.4 Å². The van der Waals surface area contributed by atoms with Gasteiger partial charge in [-0.2, -0.15) is 0 Å². The second-order valence-corrected chi connectivity index (χ2v) is 3.46. The van der Waals surface area contributed by atoms with E-state index < -0.39 is 16.7 Å². The van der Waals surface area contributed by atoms with Gasteiger partial charge < -0.3 is 4.74 Å². The molecule has 0 bridgehead atoms. The third-order valence-electron chi connectivity index (χ3n) is 2.43. The number of benzene rings is 1. The van der Waals surface area contributed by atoms with Gasteiger partial charge in [0, 0.05) is 12.2 Å². The minimum atomic E-state index is -0.670. The summed E-state index contributed by atoms with van der Waals surface area (Å²) in [5.41, 5.74) is -0.430. The minimum Gasteiger partial charge on any atom is -0.496 e. The fourth-order valence-electron chi connectivity index (χ4n) is 1.60. The van der Waals surface area contributed by atoms with Crippen molar-refractivity contribution in [1.29, 1.82) is 0 Å². The van der Waals surface area contributed by atoms with Crippen LogP contribution in [0.4, 0.5) is 11.4 Å². The lowest BCUT2D eigenvalue weighted by molar-refractivity contribution is -0.384. The van der Waals surface area contributed by atoms with Crippen LogP contribution < -0.4 is 9.64 Å². The number of ether oxygens (including phenoxy) is 1. The topological polar surface area (TPSA) is 89.8 Å². The maximum absolute atomic E-state index is 11.5. The molecule has 7 nitrogen and oxygen atoms in total. The van der Waals surface area contributed by atoms with Crippen LogP contribution in [-0.4, -0.2) is 23.8 Å². The van der Waals surface area contributed by atoms with E-state index in [1.54, 1.807) is 0 Å². The molecule has 7 heteroatoms. The highest BCUT2D eigenvalue weighted by Crippen LogP contribution is 2.33. The molecule has 0 fully saturated rings. The summed E-state index contributed by atoms with van der Waals surface area (Å²) >= 11 is 0. The lowest BCUT2D eigenvalue weighted by atomic mass is 10.2. The van der Waals surface area contributed by atoms with Crippen LogP contribution >= 0.6 is 0 Å². The maximum Gasteiger partial charge on any atom is 0.297 e. The van der Waals surface area contributed by atoms with Crippen LogP contribution in [0.1, 0.15) is 0 Å². The summed E-state index contributed by atoms with van der Waals surface area (Å²) in [5, 5.41) is 10.9. The average Bonchev–Trinajstić information content (AvgIpc) is 2.68. The second-order valence-electron chi connectivity index (χ2n) is 3.46. The molecule has 0 aromatic heterocycles. The Bertz CT molecular complexity index is 561. The van der Waals surface area contributed by atoms with Gasteiger partial charge in [-0.1, -0.05) is 0 Å². The van der Waals surface area contributed by atoms with Crippen LogP contribution in [0.3, 0.4) is 0 Å². The standard InChI is InChI=1S/C11H8N2O5/c1-18-7-2-3-8(9(6-7)13(16)17)12-10(14)4-5-11(12)15/h2-6H,1H3. The van der Waals surface area contributed by atoms with Gasteiger partial charge in [0.05, 0.1) is 18.1 Å². The summed E-state index contributed by atoms with van der Waals surface area (Å²) in [6.45, 7) is 0. The molecule has 1 aliphatic rings. The molecule has 1 heterocycles. The maximum atomic E-state index is 11.5. The van der Waals surface area contributed by atoms with Crippen LogP contribution in [0.2, 0.25) is 0 Å². The smallest absolute Gasteiger partial charge is 0.297 e. The number of nitrogens with zero attached hydrogens (tertiary/aromatic N) is 2. The highest BCUT2D eigenvalue weighted by atomic mass is 16.6. The Labute approximate surface area is 101 Å². The van der Waals surface area contributed by atoms with Crippen molar-refractivity contribution in [2.75, 3.05) is 12.0 Å². The molecule has 92 valence electrons. The van der Waals surface area contributed by atoms with Gasteiger partial charge in [-0.15, -0.1) is 0 Å². The average molecular weight is 248 g/mol. The van der Waals surface area contributed by atoms with E-state index >= 15 is 0 Å². The number of carbonyl (C=O) groups is 2. The highest BCUT2D eigenvalue weighted by molar-refractivity contribution is 6.28. The van der Waals surface area contributed by atoms with E-state index in [4.69, 9.17) is 4.74 Å². The van der Waals surface area contributed by atoms with E-state index in [-0.39, 0.29) is 17.1 Å². The minimum absolute atomic E-state index is 0.0687. The van der Waals surface area contributed by atoms with Crippen LogP contribution in [-0.2, 0) is 9.59 Å². The molecule has 0 saturated heterocycles. The zero-order valence-electron chi connectivity index (χ0n) is 9.32. The molecular formula is C11H8N2O5. The summed E-state index contributed by atoms with van der Waals surface area (Å²) in [5.74, 6) is -0.931. The molecule has 1 aliphatic heterocycles. The van der Waals surface area contributed by atoms with Gasteiger partial charge >= 0.3 is 0 Å². The van der Waals surface area contributed by atoms with Gasteiger partial charge in [-0.3, -0.25) is 19.7 Å². The fraction of sp³-hybridized carbons (Fsp3) is 0.0909. The molecule has 2 rings (SSSR count). The number of amides is 2. The van der Waals surface area contributed by atoms with Gasteiger partial charge in [0.2, 0.25) is 0 Å². The molecule has 0 aliphatic carbocycles. The van der Waals surface area contributed by atoms with Gasteiger partial charge in [0.1, 0.15) is 11.4 Å². The number of hydrogen-bond donors (Lipinski definition) is 0. The molecule has 0 radical (unpaired) electrons. The molecule has 0 atom stereocenters. The normalized spacial score (nSPS) is 14.2. The molecule has 2 amide bonds. The number of anilines is 1. The van der Waals surface area contributed by atoms with E-state index in [1.807, 2.05) is 0 Å². The Hall–Kier alpha value is -2.70. The number of nitro groups is 1. The van der Waals surface area contributed by atoms with E-state index in [0.717, 1.165) is 23.1 Å². The van der Waals surface area contributed by atoms with Crippen molar-refractivity contribution in [2.45, 2.75) is 0 Å². The van der Waals surface area contributed by atoms with Crippen molar-refractivity contribution in [3.8, 4) is 5.75 Å². The number of hydrogen-bond acceptors (Lipinski definition) is 5. The Balaban J connectivity index is 2.54. The van der Waals surface area contributed by atoms with Crippen LogP contribution in [0, 0.1) is 10.1 Å². The fourth-order valence-corrected chi connectivity index (χ4v) is 1.60. The van der Waals surface area contributed by atoms with Gasteiger partial charge in [-0.25, -0.2) is 4.90 Å².